The number of aromatic amines is 1. The number of hydrogen-bond donors (Lipinski definition) is 2. The van der Waals surface area contributed by atoms with Crippen LogP contribution < -0.4 is 0 Å². The van der Waals surface area contributed by atoms with E-state index in [1.807, 2.05) is 6.20 Å². The second kappa shape index (κ2) is 4.00. The van der Waals surface area contributed by atoms with E-state index < -0.39 is 5.97 Å². The molecular formula is C13H15NO2. The Morgan fingerprint density at radius 3 is 2.81 bits per heavy atom. The molecule has 1 aromatic heterocycles. The van der Waals surface area contributed by atoms with Crippen LogP contribution in [0.2, 0.25) is 0 Å². The molecule has 0 unspecified atom stereocenters. The third-order valence-corrected chi connectivity index (χ3v) is 2.81. The van der Waals surface area contributed by atoms with Crippen LogP contribution in [0.1, 0.15) is 23.1 Å². The van der Waals surface area contributed by atoms with Crippen LogP contribution in [-0.4, -0.2) is 16.1 Å². The van der Waals surface area contributed by atoms with E-state index in [1.165, 1.54) is 16.5 Å². The standard InChI is InChI=1S/C13H15NO2/c1-8-5-9(2)13-10(3-4-12(15)16)7-14-11(13)6-8/h5-7,14H,3-4H2,1-2H3,(H,15,16). The van der Waals surface area contributed by atoms with Gasteiger partial charge in [0.2, 0.25) is 0 Å². The molecular weight excluding hydrogens is 202 g/mol. The van der Waals surface area contributed by atoms with Gasteiger partial charge in [0.05, 0.1) is 0 Å². The van der Waals surface area contributed by atoms with Crippen molar-refractivity contribution in [3.8, 4) is 0 Å². The van der Waals surface area contributed by atoms with Gasteiger partial charge >= 0.3 is 5.97 Å². The summed E-state index contributed by atoms with van der Waals surface area (Å²) >= 11 is 0. The quantitative estimate of drug-likeness (QED) is 0.830. The largest absolute Gasteiger partial charge is 0.481 e. The fourth-order valence-corrected chi connectivity index (χ4v) is 2.18. The summed E-state index contributed by atoms with van der Waals surface area (Å²) in [6.45, 7) is 4.12. The Morgan fingerprint density at radius 1 is 1.38 bits per heavy atom. The van der Waals surface area contributed by atoms with Crippen LogP contribution >= 0.6 is 0 Å². The van der Waals surface area contributed by atoms with E-state index in [2.05, 4.69) is 31.0 Å². The van der Waals surface area contributed by atoms with Gasteiger partial charge in [-0.25, -0.2) is 0 Å². The molecule has 0 saturated heterocycles. The van der Waals surface area contributed by atoms with Crippen molar-refractivity contribution < 1.29 is 9.90 Å². The second-order valence-corrected chi connectivity index (χ2v) is 4.21. The fourth-order valence-electron chi connectivity index (χ4n) is 2.18. The number of benzene rings is 1. The fraction of sp³-hybridized carbons (Fsp3) is 0.308. The van der Waals surface area contributed by atoms with Crippen LogP contribution in [0.4, 0.5) is 0 Å². The zero-order valence-corrected chi connectivity index (χ0v) is 9.50. The van der Waals surface area contributed by atoms with Gasteiger partial charge in [-0.1, -0.05) is 6.07 Å². The lowest BCUT2D eigenvalue weighted by Gasteiger charge is -2.02. The van der Waals surface area contributed by atoms with E-state index in [1.54, 1.807) is 0 Å². The lowest BCUT2D eigenvalue weighted by Crippen LogP contribution is -1.97. The molecule has 3 heteroatoms. The molecule has 2 aromatic rings. The van der Waals surface area contributed by atoms with E-state index in [0.717, 1.165) is 11.1 Å². The van der Waals surface area contributed by atoms with Crippen molar-refractivity contribution in [2.45, 2.75) is 26.7 Å². The minimum atomic E-state index is -0.751. The number of aliphatic carboxylic acids is 1. The lowest BCUT2D eigenvalue weighted by molar-refractivity contribution is -0.136. The first-order chi connectivity index (χ1) is 7.58. The first kappa shape index (κ1) is 10.7. The maximum Gasteiger partial charge on any atom is 0.303 e. The molecule has 2 rings (SSSR count). The van der Waals surface area contributed by atoms with Crippen LogP contribution in [0, 0.1) is 13.8 Å². The van der Waals surface area contributed by atoms with Crippen LogP contribution in [-0.2, 0) is 11.2 Å². The highest BCUT2D eigenvalue weighted by molar-refractivity contribution is 5.87. The van der Waals surface area contributed by atoms with Gasteiger partial charge in [0.1, 0.15) is 0 Å². The van der Waals surface area contributed by atoms with Gasteiger partial charge in [0.15, 0.2) is 0 Å². The summed E-state index contributed by atoms with van der Waals surface area (Å²) in [5.74, 6) is -0.751. The predicted molar refractivity (Wildman–Crippen MR) is 63.7 cm³/mol. The molecule has 0 aliphatic carbocycles. The van der Waals surface area contributed by atoms with Crippen molar-refractivity contribution >= 4 is 16.9 Å². The molecule has 0 radical (unpaired) electrons. The van der Waals surface area contributed by atoms with Gasteiger partial charge < -0.3 is 10.1 Å². The number of hydrogen-bond acceptors (Lipinski definition) is 1. The highest BCUT2D eigenvalue weighted by Crippen LogP contribution is 2.24. The Bertz CT molecular complexity index is 540. The first-order valence-electron chi connectivity index (χ1n) is 5.37. The molecule has 0 saturated carbocycles. The Balaban J connectivity index is 2.43. The van der Waals surface area contributed by atoms with Crippen molar-refractivity contribution in [1.82, 2.24) is 4.98 Å². The van der Waals surface area contributed by atoms with Gasteiger partial charge in [0.25, 0.3) is 0 Å². The van der Waals surface area contributed by atoms with Crippen LogP contribution in [0.15, 0.2) is 18.3 Å². The summed E-state index contributed by atoms with van der Waals surface area (Å²) in [6, 6.07) is 4.22. The van der Waals surface area contributed by atoms with E-state index in [-0.39, 0.29) is 6.42 Å². The number of aryl methyl sites for hydroxylation is 3. The van der Waals surface area contributed by atoms with E-state index in [0.29, 0.717) is 6.42 Å². The summed E-state index contributed by atoms with van der Waals surface area (Å²) in [5.41, 5.74) is 4.61. The van der Waals surface area contributed by atoms with Crippen LogP contribution in [0.3, 0.4) is 0 Å². The third kappa shape index (κ3) is 1.94. The average Bonchev–Trinajstić information content (AvgIpc) is 2.57. The molecule has 0 spiro atoms. The number of carboxylic acids is 1. The van der Waals surface area contributed by atoms with Gasteiger partial charge in [-0.15, -0.1) is 0 Å². The molecule has 84 valence electrons. The Labute approximate surface area is 94.1 Å². The van der Waals surface area contributed by atoms with E-state index in [4.69, 9.17) is 5.11 Å². The maximum absolute atomic E-state index is 10.6. The SMILES string of the molecule is Cc1cc(C)c2c(CCC(=O)O)c[nH]c2c1. The number of carbonyl (C=O) groups is 1. The number of aromatic nitrogens is 1. The monoisotopic (exact) mass is 217 g/mol. The summed E-state index contributed by atoms with van der Waals surface area (Å²) in [4.78, 5) is 13.8. The zero-order chi connectivity index (χ0) is 11.7. The topological polar surface area (TPSA) is 53.1 Å². The predicted octanol–water partition coefficient (Wildman–Crippen LogP) is 2.80. The highest BCUT2D eigenvalue weighted by Gasteiger charge is 2.08. The molecule has 0 bridgehead atoms. The minimum absolute atomic E-state index is 0.181. The number of nitrogens with one attached hydrogen (secondary N) is 1. The number of fused-ring (bicyclic) bond motifs is 1. The number of rotatable bonds is 3. The molecule has 0 amide bonds. The molecule has 1 aromatic carbocycles. The molecule has 3 nitrogen and oxygen atoms in total. The first-order valence-corrected chi connectivity index (χ1v) is 5.37. The molecule has 1 heterocycles. The summed E-state index contributed by atoms with van der Waals surface area (Å²) < 4.78 is 0. The van der Waals surface area contributed by atoms with Gasteiger partial charge in [-0.05, 0) is 43.0 Å². The van der Waals surface area contributed by atoms with E-state index >= 15 is 0 Å². The summed E-state index contributed by atoms with van der Waals surface area (Å²) in [6.07, 6.45) is 2.68. The molecule has 0 atom stereocenters. The van der Waals surface area contributed by atoms with Gasteiger partial charge in [-0.3, -0.25) is 4.79 Å². The second-order valence-electron chi connectivity index (χ2n) is 4.21. The molecule has 0 aliphatic rings. The summed E-state index contributed by atoms with van der Waals surface area (Å²) in [5, 5.41) is 9.86. The Kier molecular flexibility index (Phi) is 2.69. The van der Waals surface area contributed by atoms with Crippen LogP contribution in [0.5, 0.6) is 0 Å². The molecule has 0 aliphatic heterocycles. The minimum Gasteiger partial charge on any atom is -0.481 e. The van der Waals surface area contributed by atoms with Crippen molar-refractivity contribution in [1.29, 1.82) is 0 Å². The van der Waals surface area contributed by atoms with Gasteiger partial charge in [0, 0.05) is 23.5 Å². The van der Waals surface area contributed by atoms with Crippen LogP contribution in [0.25, 0.3) is 10.9 Å². The summed E-state index contributed by atoms with van der Waals surface area (Å²) in [7, 11) is 0. The van der Waals surface area contributed by atoms with Crippen molar-refractivity contribution in [2.24, 2.45) is 0 Å². The Hall–Kier alpha value is -1.77. The molecule has 16 heavy (non-hydrogen) atoms. The smallest absolute Gasteiger partial charge is 0.303 e. The molecule has 0 fully saturated rings. The zero-order valence-electron chi connectivity index (χ0n) is 9.50. The normalized spacial score (nSPS) is 10.9. The maximum atomic E-state index is 10.6. The average molecular weight is 217 g/mol. The Morgan fingerprint density at radius 2 is 2.12 bits per heavy atom. The third-order valence-electron chi connectivity index (χ3n) is 2.81. The highest BCUT2D eigenvalue weighted by atomic mass is 16.4. The van der Waals surface area contributed by atoms with Crippen molar-refractivity contribution in [2.75, 3.05) is 0 Å². The number of carboxylic acid groups (broad SMARTS) is 1. The van der Waals surface area contributed by atoms with E-state index in [9.17, 15) is 4.79 Å². The number of H-pyrrole nitrogens is 1. The lowest BCUT2D eigenvalue weighted by atomic mass is 10.0. The van der Waals surface area contributed by atoms with Crippen molar-refractivity contribution in [3.05, 3.63) is 35.0 Å². The van der Waals surface area contributed by atoms with Crippen molar-refractivity contribution in [3.63, 3.8) is 0 Å². The molecule has 2 N–H and O–H groups in total. The van der Waals surface area contributed by atoms with Gasteiger partial charge in [-0.2, -0.15) is 0 Å².